The van der Waals surface area contributed by atoms with Crippen LogP contribution in [0.3, 0.4) is 0 Å². The van der Waals surface area contributed by atoms with Gasteiger partial charge in [0.25, 0.3) is 5.91 Å². The van der Waals surface area contributed by atoms with Gasteiger partial charge in [0, 0.05) is 30.1 Å². The molecule has 1 unspecified atom stereocenters. The second-order valence-electron chi connectivity index (χ2n) is 9.10. The van der Waals surface area contributed by atoms with Crippen LogP contribution in [0.2, 0.25) is 10.0 Å². The SMILES string of the molecule is COc1ccccc1CNC(=O)C(Cc1ccccc1)N(Cc1ccc(Cl)cc1)C(=O)COc1ccccc1Cl. The number of benzene rings is 4. The van der Waals surface area contributed by atoms with Gasteiger partial charge in [-0.3, -0.25) is 9.59 Å². The van der Waals surface area contributed by atoms with Crippen LogP contribution in [0.15, 0.2) is 103 Å². The maximum Gasteiger partial charge on any atom is 0.261 e. The third-order valence-electron chi connectivity index (χ3n) is 6.37. The maximum absolute atomic E-state index is 13.8. The molecule has 2 amide bonds. The molecule has 0 radical (unpaired) electrons. The van der Waals surface area contributed by atoms with Gasteiger partial charge in [-0.05, 0) is 41.5 Å². The number of ether oxygens (including phenoxy) is 2. The third-order valence-corrected chi connectivity index (χ3v) is 6.93. The lowest BCUT2D eigenvalue weighted by atomic mass is 10.0. The van der Waals surface area contributed by atoms with E-state index in [2.05, 4.69) is 5.32 Å². The first-order valence-electron chi connectivity index (χ1n) is 12.8. The van der Waals surface area contributed by atoms with Gasteiger partial charge in [-0.1, -0.05) is 96.0 Å². The van der Waals surface area contributed by atoms with Gasteiger partial charge >= 0.3 is 0 Å². The Balaban J connectivity index is 1.63. The highest BCUT2D eigenvalue weighted by Gasteiger charge is 2.31. The summed E-state index contributed by atoms with van der Waals surface area (Å²) in [4.78, 5) is 29.1. The summed E-state index contributed by atoms with van der Waals surface area (Å²) in [5, 5.41) is 3.99. The third kappa shape index (κ3) is 8.01. The Hall–Kier alpha value is -4.00. The molecule has 0 aliphatic heterocycles. The molecule has 0 fully saturated rings. The largest absolute Gasteiger partial charge is 0.496 e. The summed E-state index contributed by atoms with van der Waals surface area (Å²) in [6.45, 7) is 0.136. The maximum atomic E-state index is 13.8. The van der Waals surface area contributed by atoms with E-state index in [0.29, 0.717) is 28.0 Å². The van der Waals surface area contributed by atoms with Crippen LogP contribution in [0.25, 0.3) is 0 Å². The van der Waals surface area contributed by atoms with Crippen molar-refractivity contribution in [2.75, 3.05) is 13.7 Å². The Labute approximate surface area is 244 Å². The monoisotopic (exact) mass is 576 g/mol. The van der Waals surface area contributed by atoms with Crippen molar-refractivity contribution in [1.29, 1.82) is 0 Å². The standard InChI is InChI=1S/C32H30Cl2N2O4/c1-39-29-13-7-5-11-25(29)20-35-32(38)28(19-23-9-3-2-4-10-23)36(21-24-15-17-26(33)18-16-24)31(37)22-40-30-14-8-6-12-27(30)34/h2-18,28H,19-22H2,1H3,(H,35,38). The van der Waals surface area contributed by atoms with E-state index in [4.69, 9.17) is 32.7 Å². The number of carbonyl (C=O) groups excluding carboxylic acids is 2. The lowest BCUT2D eigenvalue weighted by Gasteiger charge is -2.31. The zero-order valence-electron chi connectivity index (χ0n) is 22.1. The highest BCUT2D eigenvalue weighted by atomic mass is 35.5. The minimum Gasteiger partial charge on any atom is -0.496 e. The van der Waals surface area contributed by atoms with Crippen LogP contribution >= 0.6 is 23.2 Å². The number of halogens is 2. The second kappa shape index (κ2) is 14.4. The van der Waals surface area contributed by atoms with E-state index in [-0.39, 0.29) is 31.5 Å². The van der Waals surface area contributed by atoms with Crippen molar-refractivity contribution in [3.05, 3.63) is 130 Å². The van der Waals surface area contributed by atoms with Crippen LogP contribution < -0.4 is 14.8 Å². The molecule has 0 aliphatic carbocycles. The Morgan fingerprint density at radius 2 is 1.45 bits per heavy atom. The molecule has 206 valence electrons. The van der Waals surface area contributed by atoms with Crippen molar-refractivity contribution >= 4 is 35.0 Å². The van der Waals surface area contributed by atoms with E-state index in [1.165, 1.54) is 0 Å². The number of amides is 2. The van der Waals surface area contributed by atoms with Gasteiger partial charge in [-0.2, -0.15) is 0 Å². The normalized spacial score (nSPS) is 11.4. The molecule has 0 saturated carbocycles. The molecule has 8 heteroatoms. The Morgan fingerprint density at radius 3 is 2.15 bits per heavy atom. The van der Waals surface area contributed by atoms with Gasteiger partial charge in [0.2, 0.25) is 5.91 Å². The summed E-state index contributed by atoms with van der Waals surface area (Å²) < 4.78 is 11.2. The molecular weight excluding hydrogens is 547 g/mol. The summed E-state index contributed by atoms with van der Waals surface area (Å²) in [5.41, 5.74) is 2.57. The number of hydrogen-bond acceptors (Lipinski definition) is 4. The number of rotatable bonds is 12. The summed E-state index contributed by atoms with van der Waals surface area (Å²) in [5.74, 6) is 0.409. The zero-order valence-corrected chi connectivity index (χ0v) is 23.6. The number of nitrogens with zero attached hydrogens (tertiary/aromatic N) is 1. The fourth-order valence-electron chi connectivity index (χ4n) is 4.27. The second-order valence-corrected chi connectivity index (χ2v) is 9.95. The summed E-state index contributed by atoms with van der Waals surface area (Å²) in [7, 11) is 1.59. The smallest absolute Gasteiger partial charge is 0.261 e. The molecular formula is C32H30Cl2N2O4. The van der Waals surface area contributed by atoms with Crippen LogP contribution in [-0.4, -0.2) is 36.5 Å². The van der Waals surface area contributed by atoms with E-state index < -0.39 is 6.04 Å². The first-order chi connectivity index (χ1) is 19.4. The molecule has 0 saturated heterocycles. The predicted octanol–water partition coefficient (Wildman–Crippen LogP) is 6.34. The van der Waals surface area contributed by atoms with Crippen molar-refractivity contribution in [1.82, 2.24) is 10.2 Å². The van der Waals surface area contributed by atoms with Gasteiger partial charge in [0.1, 0.15) is 17.5 Å². The van der Waals surface area contributed by atoms with Crippen LogP contribution in [0.1, 0.15) is 16.7 Å². The molecule has 0 aliphatic rings. The number of nitrogens with one attached hydrogen (secondary N) is 1. The van der Waals surface area contributed by atoms with Gasteiger partial charge in [-0.15, -0.1) is 0 Å². The number of hydrogen-bond donors (Lipinski definition) is 1. The fourth-order valence-corrected chi connectivity index (χ4v) is 4.59. The van der Waals surface area contributed by atoms with Crippen LogP contribution in [0.5, 0.6) is 11.5 Å². The molecule has 0 aromatic heterocycles. The quantitative estimate of drug-likeness (QED) is 0.214. The predicted molar refractivity (Wildman–Crippen MR) is 158 cm³/mol. The first-order valence-corrected chi connectivity index (χ1v) is 13.5. The van der Waals surface area contributed by atoms with Gasteiger partial charge in [-0.25, -0.2) is 0 Å². The average Bonchev–Trinajstić information content (AvgIpc) is 2.98. The van der Waals surface area contributed by atoms with Crippen molar-refractivity contribution in [2.24, 2.45) is 0 Å². The highest BCUT2D eigenvalue weighted by Crippen LogP contribution is 2.24. The minimum atomic E-state index is -0.824. The number of methoxy groups -OCH3 is 1. The van der Waals surface area contributed by atoms with Crippen molar-refractivity contribution < 1.29 is 19.1 Å². The molecule has 0 spiro atoms. The molecule has 4 rings (SSSR count). The minimum absolute atomic E-state index is 0.182. The summed E-state index contributed by atoms with van der Waals surface area (Å²) in [6.07, 6.45) is 0.310. The van der Waals surface area contributed by atoms with Crippen molar-refractivity contribution in [3.63, 3.8) is 0 Å². The first kappa shape index (κ1) is 29.0. The molecule has 0 heterocycles. The zero-order chi connectivity index (χ0) is 28.3. The topological polar surface area (TPSA) is 67.9 Å². The van der Waals surface area contributed by atoms with E-state index in [9.17, 15) is 9.59 Å². The Kier molecular flexibility index (Phi) is 10.4. The molecule has 4 aromatic carbocycles. The van der Waals surface area contributed by atoms with E-state index in [0.717, 1.165) is 16.7 Å². The van der Waals surface area contributed by atoms with E-state index in [1.807, 2.05) is 66.7 Å². The molecule has 1 atom stereocenters. The molecule has 1 N–H and O–H groups in total. The molecule has 0 bridgehead atoms. The Bertz CT molecular complexity index is 1410. The molecule has 40 heavy (non-hydrogen) atoms. The average molecular weight is 578 g/mol. The Morgan fingerprint density at radius 1 is 0.800 bits per heavy atom. The van der Waals surface area contributed by atoms with Crippen molar-refractivity contribution in [2.45, 2.75) is 25.6 Å². The van der Waals surface area contributed by atoms with Crippen LogP contribution in [0, 0.1) is 0 Å². The van der Waals surface area contributed by atoms with Crippen molar-refractivity contribution in [3.8, 4) is 11.5 Å². The summed E-state index contributed by atoms with van der Waals surface area (Å²) in [6, 6.07) is 30.4. The van der Waals surface area contributed by atoms with E-state index in [1.54, 1.807) is 48.4 Å². The van der Waals surface area contributed by atoms with Gasteiger partial charge in [0.15, 0.2) is 6.61 Å². The van der Waals surface area contributed by atoms with Gasteiger partial charge < -0.3 is 19.7 Å². The van der Waals surface area contributed by atoms with Gasteiger partial charge in [0.05, 0.1) is 12.1 Å². The number of para-hydroxylation sites is 2. The molecule has 4 aromatic rings. The highest BCUT2D eigenvalue weighted by molar-refractivity contribution is 6.32. The van der Waals surface area contributed by atoms with Crippen LogP contribution in [0.4, 0.5) is 0 Å². The lowest BCUT2D eigenvalue weighted by Crippen LogP contribution is -2.51. The van der Waals surface area contributed by atoms with E-state index >= 15 is 0 Å². The summed E-state index contributed by atoms with van der Waals surface area (Å²) >= 11 is 12.3. The van der Waals surface area contributed by atoms with Crippen LogP contribution in [-0.2, 0) is 29.1 Å². The molecule has 6 nitrogen and oxygen atoms in total. The fraction of sp³-hybridized carbons (Fsp3) is 0.188. The number of carbonyl (C=O) groups is 2. The lowest BCUT2D eigenvalue weighted by molar-refractivity contribution is -0.142.